The van der Waals surface area contributed by atoms with Crippen molar-refractivity contribution in [1.82, 2.24) is 20.0 Å². The van der Waals surface area contributed by atoms with Gasteiger partial charge in [-0.15, -0.1) is 0 Å². The zero-order chi connectivity index (χ0) is 24.6. The summed E-state index contributed by atoms with van der Waals surface area (Å²) < 4.78 is 15.1. The molecule has 4 rings (SSSR count). The van der Waals surface area contributed by atoms with Gasteiger partial charge in [0.2, 0.25) is 5.91 Å². The second-order valence-corrected chi connectivity index (χ2v) is 8.43. The van der Waals surface area contributed by atoms with Gasteiger partial charge < -0.3 is 10.6 Å². The quantitative estimate of drug-likeness (QED) is 0.545. The van der Waals surface area contributed by atoms with Crippen molar-refractivity contribution >= 4 is 23.5 Å². The maximum Gasteiger partial charge on any atom is 0.325 e. The normalized spacial score (nSPS) is 17.7. The topological polar surface area (TPSA) is 96.3 Å². The van der Waals surface area contributed by atoms with Crippen molar-refractivity contribution in [2.45, 2.75) is 39.7 Å². The highest BCUT2D eigenvalue weighted by atomic mass is 19.1. The molecule has 0 spiro atoms. The Balaban J connectivity index is 1.53. The molecule has 1 atom stereocenters. The lowest BCUT2D eigenvalue weighted by molar-refractivity contribution is -0.134. The van der Waals surface area contributed by atoms with Crippen molar-refractivity contribution in [1.29, 1.82) is 0 Å². The number of aryl methyl sites for hydroxylation is 2. The second kappa shape index (κ2) is 8.74. The summed E-state index contributed by atoms with van der Waals surface area (Å²) in [6, 6.07) is 12.6. The Labute approximate surface area is 196 Å². The number of carbonyl (C=O) groups excluding carboxylic acids is 3. The van der Waals surface area contributed by atoms with Gasteiger partial charge in [0.05, 0.1) is 22.8 Å². The minimum Gasteiger partial charge on any atom is -0.321 e. The lowest BCUT2D eigenvalue weighted by Crippen LogP contribution is -2.44. The Kier molecular flexibility index (Phi) is 5.95. The van der Waals surface area contributed by atoms with E-state index in [1.807, 2.05) is 38.1 Å². The van der Waals surface area contributed by atoms with Crippen molar-refractivity contribution < 1.29 is 18.8 Å². The number of anilines is 1. The molecule has 8 nitrogen and oxygen atoms in total. The number of hydrogen-bond donors (Lipinski definition) is 2. The van der Waals surface area contributed by atoms with E-state index in [0.29, 0.717) is 16.9 Å². The molecule has 2 N–H and O–H groups in total. The Morgan fingerprint density at radius 2 is 1.71 bits per heavy atom. The zero-order valence-corrected chi connectivity index (χ0v) is 19.5. The van der Waals surface area contributed by atoms with Gasteiger partial charge in [0.15, 0.2) is 0 Å². The highest BCUT2D eigenvalue weighted by Crippen LogP contribution is 2.32. The van der Waals surface area contributed by atoms with Crippen molar-refractivity contribution in [2.24, 2.45) is 0 Å². The highest BCUT2D eigenvalue weighted by molar-refractivity contribution is 6.10. The first kappa shape index (κ1) is 23.2. The van der Waals surface area contributed by atoms with E-state index in [1.54, 1.807) is 18.5 Å². The molecule has 1 unspecified atom stereocenters. The molecule has 4 amide bonds. The number of hydrogen-bond acceptors (Lipinski definition) is 4. The van der Waals surface area contributed by atoms with Crippen LogP contribution in [0.15, 0.2) is 48.5 Å². The van der Waals surface area contributed by atoms with E-state index in [0.717, 1.165) is 21.8 Å². The van der Waals surface area contributed by atoms with E-state index < -0.39 is 35.7 Å². The van der Waals surface area contributed by atoms with Gasteiger partial charge in [-0.25, -0.2) is 13.9 Å². The molecular weight excluding hydrogens is 437 g/mol. The average Bonchev–Trinajstić information content (AvgIpc) is 3.23. The van der Waals surface area contributed by atoms with Crippen LogP contribution < -0.4 is 10.6 Å². The molecule has 1 aromatic heterocycles. The van der Waals surface area contributed by atoms with Gasteiger partial charge >= 0.3 is 6.03 Å². The Morgan fingerprint density at radius 3 is 2.32 bits per heavy atom. The van der Waals surface area contributed by atoms with E-state index in [4.69, 9.17) is 0 Å². The van der Waals surface area contributed by atoms with E-state index in [9.17, 15) is 18.8 Å². The van der Waals surface area contributed by atoms with Gasteiger partial charge in [0.1, 0.15) is 17.9 Å². The van der Waals surface area contributed by atoms with Crippen molar-refractivity contribution in [2.75, 3.05) is 11.9 Å². The van der Waals surface area contributed by atoms with Gasteiger partial charge in [-0.1, -0.05) is 36.8 Å². The minimum atomic E-state index is -1.34. The number of urea groups is 1. The molecule has 1 aliphatic heterocycles. The van der Waals surface area contributed by atoms with E-state index in [-0.39, 0.29) is 6.42 Å². The van der Waals surface area contributed by atoms with Crippen molar-refractivity contribution in [3.05, 3.63) is 76.9 Å². The number of halogens is 1. The summed E-state index contributed by atoms with van der Waals surface area (Å²) in [5, 5.41) is 10.0. The number of benzene rings is 2. The SMILES string of the molecule is CCC1(c2ccc(F)cc2)NC(=O)N(CC(=O)Nc2c(C)nn(-c3ccc(C)cc3)c2C)C1=O. The van der Waals surface area contributed by atoms with Crippen LogP contribution in [0.2, 0.25) is 0 Å². The first-order chi connectivity index (χ1) is 16.2. The monoisotopic (exact) mass is 463 g/mol. The molecule has 0 saturated carbocycles. The number of rotatable bonds is 6. The fraction of sp³-hybridized carbons (Fsp3) is 0.280. The molecule has 2 aromatic carbocycles. The summed E-state index contributed by atoms with van der Waals surface area (Å²) in [5.74, 6) is -1.52. The number of imide groups is 1. The van der Waals surface area contributed by atoms with Crippen molar-refractivity contribution in [3.63, 3.8) is 0 Å². The van der Waals surface area contributed by atoms with Gasteiger partial charge in [-0.05, 0) is 57.0 Å². The van der Waals surface area contributed by atoms with Gasteiger partial charge in [0.25, 0.3) is 5.91 Å². The summed E-state index contributed by atoms with van der Waals surface area (Å²) in [6.45, 7) is 6.90. The molecule has 1 saturated heterocycles. The number of nitrogens with one attached hydrogen (secondary N) is 2. The third-order valence-electron chi connectivity index (χ3n) is 6.18. The lowest BCUT2D eigenvalue weighted by atomic mass is 9.87. The Morgan fingerprint density at radius 1 is 1.06 bits per heavy atom. The molecule has 0 aliphatic carbocycles. The standard InChI is InChI=1S/C25H26FN5O3/c1-5-25(18-8-10-19(26)11-9-18)23(33)30(24(34)28-25)14-21(32)27-22-16(3)29-31(17(22)4)20-12-6-15(2)7-13-20/h6-13H,5,14H2,1-4H3,(H,27,32)(H,28,34). The maximum absolute atomic E-state index is 13.4. The summed E-state index contributed by atoms with van der Waals surface area (Å²) >= 11 is 0. The zero-order valence-electron chi connectivity index (χ0n) is 19.5. The molecule has 1 fully saturated rings. The predicted molar refractivity (Wildman–Crippen MR) is 125 cm³/mol. The minimum absolute atomic E-state index is 0.253. The van der Waals surface area contributed by atoms with Crippen LogP contribution in [0.3, 0.4) is 0 Å². The lowest BCUT2D eigenvalue weighted by Gasteiger charge is -2.25. The Bertz CT molecular complexity index is 1270. The molecule has 2 heterocycles. The number of aromatic nitrogens is 2. The fourth-order valence-corrected chi connectivity index (χ4v) is 4.23. The summed E-state index contributed by atoms with van der Waals surface area (Å²) in [4.78, 5) is 39.7. The van der Waals surface area contributed by atoms with E-state index >= 15 is 0 Å². The van der Waals surface area contributed by atoms with Crippen LogP contribution >= 0.6 is 0 Å². The van der Waals surface area contributed by atoms with Crippen LogP contribution in [-0.4, -0.2) is 39.1 Å². The predicted octanol–water partition coefficient (Wildman–Crippen LogP) is 3.73. The first-order valence-corrected chi connectivity index (χ1v) is 11.0. The van der Waals surface area contributed by atoms with Crippen LogP contribution in [0, 0.1) is 26.6 Å². The van der Waals surface area contributed by atoms with Gasteiger partial charge in [-0.3, -0.25) is 14.5 Å². The molecule has 0 bridgehead atoms. The number of carbonyl (C=O) groups is 3. The third-order valence-corrected chi connectivity index (χ3v) is 6.18. The molecule has 176 valence electrons. The van der Waals surface area contributed by atoms with Crippen molar-refractivity contribution in [3.8, 4) is 5.69 Å². The van der Waals surface area contributed by atoms with Crippen LogP contribution in [-0.2, 0) is 15.1 Å². The largest absolute Gasteiger partial charge is 0.325 e. The average molecular weight is 464 g/mol. The first-order valence-electron chi connectivity index (χ1n) is 11.0. The van der Waals surface area contributed by atoms with E-state index in [1.165, 1.54) is 24.3 Å². The summed E-state index contributed by atoms with van der Waals surface area (Å²) in [5.41, 5.74) is 2.96. The molecular formula is C25H26FN5O3. The van der Waals surface area contributed by atoms with E-state index in [2.05, 4.69) is 15.7 Å². The van der Waals surface area contributed by atoms with Gasteiger partial charge in [-0.2, -0.15) is 5.10 Å². The fourth-order valence-electron chi connectivity index (χ4n) is 4.23. The third kappa shape index (κ3) is 3.93. The van der Waals surface area contributed by atoms with Crippen LogP contribution in [0.4, 0.5) is 14.9 Å². The van der Waals surface area contributed by atoms with Gasteiger partial charge in [0, 0.05) is 0 Å². The molecule has 34 heavy (non-hydrogen) atoms. The molecule has 1 aliphatic rings. The Hall–Kier alpha value is -4.01. The molecule has 9 heteroatoms. The summed E-state index contributed by atoms with van der Waals surface area (Å²) in [7, 11) is 0. The molecule has 0 radical (unpaired) electrons. The summed E-state index contributed by atoms with van der Waals surface area (Å²) in [6.07, 6.45) is 0.253. The molecule has 3 aromatic rings. The second-order valence-electron chi connectivity index (χ2n) is 8.43. The maximum atomic E-state index is 13.4. The van der Waals surface area contributed by atoms with Crippen LogP contribution in [0.5, 0.6) is 0 Å². The van der Waals surface area contributed by atoms with Crippen LogP contribution in [0.1, 0.15) is 35.9 Å². The highest BCUT2D eigenvalue weighted by Gasteiger charge is 2.51. The van der Waals surface area contributed by atoms with Crippen LogP contribution in [0.25, 0.3) is 5.69 Å². The smallest absolute Gasteiger partial charge is 0.321 e. The number of nitrogens with zero attached hydrogens (tertiary/aromatic N) is 3. The number of amides is 4.